The lowest BCUT2D eigenvalue weighted by Gasteiger charge is -2.13. The molecule has 0 fully saturated rings. The number of aryl methyl sites for hydroxylation is 1. The minimum atomic E-state index is -4.53. The number of nitrogens with one attached hydrogen (secondary N) is 2. The maximum Gasteiger partial charge on any atom is 0.405 e. The average Bonchev–Trinajstić information content (AvgIpc) is 3.09. The number of amides is 1. The second-order valence-corrected chi connectivity index (χ2v) is 7.61. The average molecular weight is 464 g/mol. The van der Waals surface area contributed by atoms with Gasteiger partial charge in [-0.25, -0.2) is 0 Å². The quantitative estimate of drug-likeness (QED) is 0.469. The summed E-state index contributed by atoms with van der Waals surface area (Å²) in [5.74, 6) is -0.914. The van der Waals surface area contributed by atoms with Crippen LogP contribution in [0.4, 0.5) is 24.5 Å². The Hall–Kier alpha value is -3.53. The zero-order chi connectivity index (χ0) is 23.0. The third-order valence-corrected chi connectivity index (χ3v) is 5.16. The van der Waals surface area contributed by atoms with E-state index < -0.39 is 30.7 Å². The van der Waals surface area contributed by atoms with Crippen molar-refractivity contribution in [3.63, 3.8) is 0 Å². The van der Waals surface area contributed by atoms with Crippen molar-refractivity contribution in [3.05, 3.63) is 64.2 Å². The number of anilines is 2. The van der Waals surface area contributed by atoms with Gasteiger partial charge in [0.1, 0.15) is 13.1 Å². The third-order valence-electron chi connectivity index (χ3n) is 4.87. The second-order valence-electron chi connectivity index (χ2n) is 7.20. The van der Waals surface area contributed by atoms with Gasteiger partial charge in [-0.15, -0.1) is 0 Å². The molecule has 0 unspecified atom stereocenters. The number of alkyl halides is 3. The number of carbonyl (C=O) groups excluding carboxylic acids is 1. The molecule has 0 aliphatic heterocycles. The molecule has 0 radical (unpaired) electrons. The summed E-state index contributed by atoms with van der Waals surface area (Å²) in [6.45, 7) is -1.99. The zero-order valence-corrected chi connectivity index (χ0v) is 17.5. The first kappa shape index (κ1) is 21.7. The van der Waals surface area contributed by atoms with Crippen LogP contribution in [0.25, 0.3) is 21.7 Å². The van der Waals surface area contributed by atoms with E-state index in [9.17, 15) is 22.8 Å². The van der Waals surface area contributed by atoms with Crippen LogP contribution >= 0.6 is 11.6 Å². The van der Waals surface area contributed by atoms with E-state index in [-0.39, 0.29) is 0 Å². The summed E-state index contributed by atoms with van der Waals surface area (Å²) in [4.78, 5) is 24.9. The first-order chi connectivity index (χ1) is 15.1. The van der Waals surface area contributed by atoms with Crippen molar-refractivity contribution < 1.29 is 18.0 Å². The molecule has 0 aliphatic rings. The van der Waals surface area contributed by atoms with Crippen molar-refractivity contribution in [2.45, 2.75) is 12.7 Å². The summed E-state index contributed by atoms with van der Waals surface area (Å²) in [6, 6.07) is 10.3. The predicted octanol–water partition coefficient (Wildman–Crippen LogP) is 3.96. The molecule has 2 aromatic carbocycles. The first-order valence-corrected chi connectivity index (χ1v) is 9.84. The van der Waals surface area contributed by atoms with Gasteiger partial charge >= 0.3 is 6.18 Å². The Balaban J connectivity index is 1.68. The predicted molar refractivity (Wildman–Crippen MR) is 116 cm³/mol. The van der Waals surface area contributed by atoms with Crippen LogP contribution in [0.3, 0.4) is 0 Å². The van der Waals surface area contributed by atoms with Gasteiger partial charge in [0.2, 0.25) is 5.91 Å². The molecule has 0 aliphatic carbocycles. The number of halogens is 4. The van der Waals surface area contributed by atoms with E-state index in [4.69, 9.17) is 11.6 Å². The Morgan fingerprint density at radius 1 is 1.19 bits per heavy atom. The molecule has 0 atom stereocenters. The van der Waals surface area contributed by atoms with Gasteiger partial charge in [0.25, 0.3) is 5.56 Å². The number of aromatic nitrogens is 3. The highest BCUT2D eigenvalue weighted by Gasteiger charge is 2.27. The molecule has 166 valence electrons. The van der Waals surface area contributed by atoms with Crippen LogP contribution in [0.1, 0.15) is 0 Å². The standard InChI is InChI=1S/C21H17ClF3N5O2/c1-29-19-13(9-27-29)7-14(8-15(19)22)28-16-4-2-3-12-5-6-30(20(32)18(12)16)10-17(31)26-11-21(23,24)25/h2-9,28H,10-11H2,1H3,(H,26,31). The lowest BCUT2D eigenvalue weighted by atomic mass is 10.1. The van der Waals surface area contributed by atoms with E-state index in [1.54, 1.807) is 53.6 Å². The molecule has 0 saturated heterocycles. The fraction of sp³-hybridized carbons (Fsp3) is 0.190. The lowest BCUT2D eigenvalue weighted by Crippen LogP contribution is -2.37. The number of carbonyl (C=O) groups is 1. The number of pyridine rings is 1. The van der Waals surface area contributed by atoms with E-state index in [2.05, 4.69) is 10.4 Å². The van der Waals surface area contributed by atoms with Gasteiger partial charge in [-0.3, -0.25) is 14.3 Å². The molecule has 1 amide bonds. The van der Waals surface area contributed by atoms with Crippen LogP contribution in [0.5, 0.6) is 0 Å². The molecule has 2 N–H and O–H groups in total. The van der Waals surface area contributed by atoms with Crippen molar-refractivity contribution in [2.24, 2.45) is 7.05 Å². The van der Waals surface area contributed by atoms with Crippen LogP contribution in [-0.4, -0.2) is 33.0 Å². The highest BCUT2D eigenvalue weighted by molar-refractivity contribution is 6.35. The number of fused-ring (bicyclic) bond motifs is 2. The normalized spacial score (nSPS) is 11.8. The Morgan fingerprint density at radius 3 is 2.72 bits per heavy atom. The molecule has 2 heterocycles. The Labute approximate surface area is 184 Å². The van der Waals surface area contributed by atoms with Crippen molar-refractivity contribution in [3.8, 4) is 0 Å². The lowest BCUT2D eigenvalue weighted by molar-refractivity contribution is -0.138. The molecule has 4 aromatic rings. The molecular formula is C21H17ClF3N5O2. The molecule has 7 nitrogen and oxygen atoms in total. The Morgan fingerprint density at radius 2 is 1.97 bits per heavy atom. The molecule has 0 spiro atoms. The monoisotopic (exact) mass is 463 g/mol. The minimum absolute atomic E-state index is 0.293. The number of rotatable bonds is 5. The van der Waals surface area contributed by atoms with E-state index in [0.29, 0.717) is 27.2 Å². The maximum atomic E-state index is 13.0. The molecule has 32 heavy (non-hydrogen) atoms. The molecule has 2 aromatic heterocycles. The largest absolute Gasteiger partial charge is 0.405 e. The van der Waals surface area contributed by atoms with Gasteiger partial charge in [0.05, 0.1) is 27.8 Å². The smallest absolute Gasteiger partial charge is 0.355 e. The number of nitrogens with zero attached hydrogens (tertiary/aromatic N) is 3. The highest BCUT2D eigenvalue weighted by Crippen LogP contribution is 2.30. The summed E-state index contributed by atoms with van der Waals surface area (Å²) in [5, 5.41) is 11.3. The number of hydrogen-bond acceptors (Lipinski definition) is 4. The van der Waals surface area contributed by atoms with Crippen LogP contribution in [0, 0.1) is 0 Å². The fourth-order valence-corrected chi connectivity index (χ4v) is 3.81. The van der Waals surface area contributed by atoms with Crippen LogP contribution in [0.2, 0.25) is 5.02 Å². The van der Waals surface area contributed by atoms with Gasteiger partial charge in [-0.2, -0.15) is 18.3 Å². The van der Waals surface area contributed by atoms with Gasteiger partial charge in [-0.05, 0) is 29.7 Å². The van der Waals surface area contributed by atoms with Crippen molar-refractivity contribution >= 4 is 50.6 Å². The van der Waals surface area contributed by atoms with Crippen molar-refractivity contribution in [2.75, 3.05) is 11.9 Å². The molecule has 0 saturated carbocycles. The van der Waals surface area contributed by atoms with Crippen LogP contribution in [-0.2, 0) is 18.4 Å². The summed E-state index contributed by atoms with van der Waals surface area (Å²) < 4.78 is 39.7. The Bertz CT molecular complexity index is 1390. The second kappa shape index (κ2) is 8.19. The first-order valence-electron chi connectivity index (χ1n) is 9.46. The van der Waals surface area contributed by atoms with Gasteiger partial charge in [0.15, 0.2) is 0 Å². The van der Waals surface area contributed by atoms with E-state index in [0.717, 1.165) is 15.5 Å². The van der Waals surface area contributed by atoms with Gasteiger partial charge < -0.3 is 15.2 Å². The van der Waals surface area contributed by atoms with E-state index in [1.807, 2.05) is 6.07 Å². The molecular weight excluding hydrogens is 447 g/mol. The van der Waals surface area contributed by atoms with Crippen LogP contribution < -0.4 is 16.2 Å². The number of benzene rings is 2. The third kappa shape index (κ3) is 4.40. The summed E-state index contributed by atoms with van der Waals surface area (Å²) >= 11 is 6.38. The SMILES string of the molecule is Cn1ncc2cc(Nc3cccc4ccn(CC(=O)NCC(F)(F)F)c(=O)c34)cc(Cl)c21. The van der Waals surface area contributed by atoms with Crippen molar-refractivity contribution in [1.82, 2.24) is 19.7 Å². The minimum Gasteiger partial charge on any atom is -0.355 e. The topological polar surface area (TPSA) is 81.0 Å². The van der Waals surface area contributed by atoms with Crippen LogP contribution in [0.15, 0.2) is 53.6 Å². The van der Waals surface area contributed by atoms with Gasteiger partial charge in [-0.1, -0.05) is 23.7 Å². The van der Waals surface area contributed by atoms with E-state index >= 15 is 0 Å². The Kier molecular flexibility index (Phi) is 5.55. The highest BCUT2D eigenvalue weighted by atomic mass is 35.5. The number of hydrogen-bond donors (Lipinski definition) is 2. The summed E-state index contributed by atoms with van der Waals surface area (Å²) in [5.41, 5.74) is 1.35. The fourth-order valence-electron chi connectivity index (χ4n) is 3.46. The maximum absolute atomic E-state index is 13.0. The molecule has 4 rings (SSSR count). The summed E-state index contributed by atoms with van der Waals surface area (Å²) in [6.07, 6.45) is -1.49. The zero-order valence-electron chi connectivity index (χ0n) is 16.7. The van der Waals surface area contributed by atoms with Gasteiger partial charge in [0, 0.05) is 24.3 Å². The summed E-state index contributed by atoms with van der Waals surface area (Å²) in [7, 11) is 1.78. The van der Waals surface area contributed by atoms with E-state index in [1.165, 1.54) is 6.20 Å². The van der Waals surface area contributed by atoms with Crippen molar-refractivity contribution in [1.29, 1.82) is 0 Å². The molecule has 11 heteroatoms. The molecule has 0 bridgehead atoms.